The molecule has 3 N–H and O–H groups in total. The molecule has 0 aromatic carbocycles. The quantitative estimate of drug-likeness (QED) is 0.261. The van der Waals surface area contributed by atoms with Gasteiger partial charge in [-0.15, -0.1) is 0 Å². The van der Waals surface area contributed by atoms with Crippen LogP contribution >= 0.6 is 0 Å². The Morgan fingerprint density at radius 2 is 1.84 bits per heavy atom. The molecule has 1 saturated heterocycles. The highest BCUT2D eigenvalue weighted by atomic mass is 16.6. The molecule has 0 unspecified atom stereocenters. The third-order valence-corrected chi connectivity index (χ3v) is 8.36. The van der Waals surface area contributed by atoms with E-state index in [1.807, 2.05) is 45.2 Å². The number of carbonyl (C=O) groups excluding carboxylic acids is 1. The summed E-state index contributed by atoms with van der Waals surface area (Å²) in [6, 6.07) is 11.4. The van der Waals surface area contributed by atoms with E-state index in [4.69, 9.17) is 19.2 Å². The fourth-order valence-corrected chi connectivity index (χ4v) is 5.72. The maximum Gasteiger partial charge on any atom is 0.335 e. The first-order chi connectivity index (χ1) is 20.9. The van der Waals surface area contributed by atoms with Crippen LogP contribution in [-0.2, 0) is 19.0 Å². The van der Waals surface area contributed by atoms with Crippen LogP contribution in [0.5, 0.6) is 0 Å². The fraction of sp³-hybridized carbons (Fsp3) is 0.647. The molecule has 44 heavy (non-hydrogen) atoms. The number of nitriles is 1. The second kappa shape index (κ2) is 15.2. The van der Waals surface area contributed by atoms with Gasteiger partial charge in [-0.2, -0.15) is 5.26 Å². The lowest BCUT2D eigenvalue weighted by molar-refractivity contribution is -0.167. The van der Waals surface area contributed by atoms with E-state index in [0.717, 1.165) is 67.0 Å². The smallest absolute Gasteiger partial charge is 0.335 e. The van der Waals surface area contributed by atoms with Crippen LogP contribution in [0.3, 0.4) is 0 Å². The van der Waals surface area contributed by atoms with Crippen molar-refractivity contribution in [1.82, 2.24) is 15.3 Å². The molecular formula is C34H50N6O4. The molecule has 0 bridgehead atoms. The molecule has 2 aliphatic rings. The summed E-state index contributed by atoms with van der Waals surface area (Å²) in [6.45, 7) is 13.7. The maximum atomic E-state index is 12.2. The molecule has 10 nitrogen and oxygen atoms in total. The van der Waals surface area contributed by atoms with Crippen molar-refractivity contribution in [1.29, 1.82) is 5.26 Å². The van der Waals surface area contributed by atoms with Gasteiger partial charge >= 0.3 is 5.97 Å². The van der Waals surface area contributed by atoms with Gasteiger partial charge in [-0.25, -0.2) is 14.8 Å². The third-order valence-electron chi connectivity index (χ3n) is 8.36. The van der Waals surface area contributed by atoms with Gasteiger partial charge in [0.05, 0.1) is 23.8 Å². The number of ether oxygens (including phenoxy) is 3. The van der Waals surface area contributed by atoms with Crippen molar-refractivity contribution in [2.75, 3.05) is 37.0 Å². The number of anilines is 2. The van der Waals surface area contributed by atoms with E-state index in [2.05, 4.69) is 46.9 Å². The van der Waals surface area contributed by atoms with Gasteiger partial charge in [0, 0.05) is 49.6 Å². The molecule has 0 spiro atoms. The largest absolute Gasteiger partial charge is 0.458 e. The lowest BCUT2D eigenvalue weighted by Crippen LogP contribution is -2.44. The van der Waals surface area contributed by atoms with Crippen LogP contribution in [0, 0.1) is 23.7 Å². The van der Waals surface area contributed by atoms with Crippen LogP contribution < -0.4 is 16.0 Å². The van der Waals surface area contributed by atoms with Crippen LogP contribution in [0.2, 0.25) is 0 Å². The van der Waals surface area contributed by atoms with E-state index in [1.54, 1.807) is 6.92 Å². The topological polar surface area (TPSA) is 130 Å². The number of hydrogen-bond donors (Lipinski definition) is 3. The number of nitrogens with one attached hydrogen (secondary N) is 3. The zero-order valence-electron chi connectivity index (χ0n) is 27.2. The Hall–Kier alpha value is -3.26. The van der Waals surface area contributed by atoms with Crippen molar-refractivity contribution in [2.45, 2.75) is 110 Å². The minimum absolute atomic E-state index is 0.135. The van der Waals surface area contributed by atoms with Crippen molar-refractivity contribution in [2.24, 2.45) is 5.41 Å². The minimum Gasteiger partial charge on any atom is -0.458 e. The second-order valence-corrected chi connectivity index (χ2v) is 13.4. The highest BCUT2D eigenvalue weighted by Crippen LogP contribution is 2.31. The van der Waals surface area contributed by atoms with Crippen LogP contribution in [0.4, 0.5) is 11.6 Å². The van der Waals surface area contributed by atoms with Crippen molar-refractivity contribution in [3.8, 4) is 17.3 Å². The Labute approximate surface area is 262 Å². The van der Waals surface area contributed by atoms with Gasteiger partial charge in [-0.3, -0.25) is 0 Å². The lowest BCUT2D eigenvalue weighted by Gasteiger charge is -2.32. The molecule has 240 valence electrons. The Morgan fingerprint density at radius 1 is 1.14 bits per heavy atom. The Balaban J connectivity index is 1.26. The van der Waals surface area contributed by atoms with Crippen LogP contribution in [0.25, 0.3) is 11.3 Å². The van der Waals surface area contributed by atoms with E-state index in [9.17, 15) is 10.1 Å². The summed E-state index contributed by atoms with van der Waals surface area (Å²) < 4.78 is 16.7. The van der Waals surface area contributed by atoms with Crippen LogP contribution in [-0.4, -0.2) is 72.1 Å². The first-order valence-corrected chi connectivity index (χ1v) is 16.0. The van der Waals surface area contributed by atoms with Gasteiger partial charge in [0.2, 0.25) is 0 Å². The van der Waals surface area contributed by atoms with Crippen molar-refractivity contribution in [3.63, 3.8) is 0 Å². The van der Waals surface area contributed by atoms with Gasteiger partial charge in [0.1, 0.15) is 17.2 Å². The van der Waals surface area contributed by atoms with Gasteiger partial charge in [0.25, 0.3) is 0 Å². The highest BCUT2D eigenvalue weighted by Gasteiger charge is 2.32. The first kappa shape index (κ1) is 33.6. The third kappa shape index (κ3) is 9.88. The summed E-state index contributed by atoms with van der Waals surface area (Å²) in [7, 11) is 0. The number of aryl methyl sites for hydroxylation is 1. The van der Waals surface area contributed by atoms with Crippen molar-refractivity contribution < 1.29 is 19.0 Å². The number of nitrogens with zero attached hydrogens (tertiary/aromatic N) is 3. The molecule has 10 heteroatoms. The summed E-state index contributed by atoms with van der Waals surface area (Å²) in [5, 5.41) is 20.5. The molecule has 1 saturated carbocycles. The first-order valence-electron chi connectivity index (χ1n) is 16.0. The van der Waals surface area contributed by atoms with Gasteiger partial charge in [-0.05, 0) is 104 Å². The molecule has 2 atom stereocenters. The van der Waals surface area contributed by atoms with Gasteiger partial charge < -0.3 is 30.2 Å². The van der Waals surface area contributed by atoms with E-state index in [-0.39, 0.29) is 12.0 Å². The molecule has 1 aliphatic carbocycles. The van der Waals surface area contributed by atoms with E-state index in [1.165, 1.54) is 0 Å². The molecule has 2 aromatic rings. The molecule has 1 aliphatic heterocycles. The maximum absolute atomic E-state index is 12.2. The predicted molar refractivity (Wildman–Crippen MR) is 172 cm³/mol. The lowest BCUT2D eigenvalue weighted by atomic mass is 9.82. The van der Waals surface area contributed by atoms with Crippen LogP contribution in [0.15, 0.2) is 30.5 Å². The number of rotatable bonds is 12. The van der Waals surface area contributed by atoms with Crippen molar-refractivity contribution >= 4 is 17.6 Å². The normalized spacial score (nSPS) is 21.5. The highest BCUT2D eigenvalue weighted by molar-refractivity contribution is 5.74. The number of esters is 1. The summed E-state index contributed by atoms with van der Waals surface area (Å²) >= 11 is 0. The van der Waals surface area contributed by atoms with E-state index in [0.29, 0.717) is 38.4 Å². The monoisotopic (exact) mass is 606 g/mol. The molecule has 3 heterocycles. The SMILES string of the molecule is Cc1cnc(NC2CCC(N[C@@H](C)CO[C@H](C)C(=O)OC(C)(C)C)CC2)cc1-c1cccc(NCC2(C#N)CCOCC2)n1. The predicted octanol–water partition coefficient (Wildman–Crippen LogP) is 5.63. The van der Waals surface area contributed by atoms with E-state index >= 15 is 0 Å². The van der Waals surface area contributed by atoms with E-state index < -0.39 is 17.1 Å². The molecule has 2 fully saturated rings. The Morgan fingerprint density at radius 3 is 2.52 bits per heavy atom. The summed E-state index contributed by atoms with van der Waals surface area (Å²) in [4.78, 5) is 21.7. The van der Waals surface area contributed by atoms with Crippen LogP contribution in [0.1, 0.15) is 78.7 Å². The number of hydrogen-bond acceptors (Lipinski definition) is 10. The molecular weight excluding hydrogens is 556 g/mol. The number of aromatic nitrogens is 2. The zero-order chi connectivity index (χ0) is 31.7. The average molecular weight is 607 g/mol. The number of carbonyl (C=O) groups is 1. The summed E-state index contributed by atoms with van der Waals surface area (Å²) in [6.07, 6.45) is 6.94. The number of pyridine rings is 2. The average Bonchev–Trinajstić information content (AvgIpc) is 3.00. The molecule has 0 radical (unpaired) electrons. The second-order valence-electron chi connectivity index (χ2n) is 13.4. The van der Waals surface area contributed by atoms with Gasteiger partial charge in [0.15, 0.2) is 6.10 Å². The van der Waals surface area contributed by atoms with Gasteiger partial charge in [-0.1, -0.05) is 6.07 Å². The van der Waals surface area contributed by atoms with Crippen molar-refractivity contribution in [3.05, 3.63) is 36.0 Å². The Bertz CT molecular complexity index is 1280. The minimum atomic E-state index is -0.591. The summed E-state index contributed by atoms with van der Waals surface area (Å²) in [5.41, 5.74) is 2.04. The zero-order valence-corrected chi connectivity index (χ0v) is 27.2. The summed E-state index contributed by atoms with van der Waals surface area (Å²) in [5.74, 6) is 1.29. The molecule has 4 rings (SSSR count). The Kier molecular flexibility index (Phi) is 11.6. The standard InChI is InChI=1S/C34H50N6O4/c1-23-19-36-31(18-28(23)29-8-7-9-30(40-29)37-22-34(21-35)14-16-42-17-15-34)39-27-12-10-26(11-13-27)38-24(2)20-43-25(3)32(41)44-33(4,5)6/h7-9,18-19,24-27,38H,10-17,20,22H2,1-6H3,(H,36,39)(H,37,40)/t24-,25+,26?,27?/m0/s1. The fourth-order valence-electron chi connectivity index (χ4n) is 5.72. The molecule has 0 amide bonds. The molecule has 2 aromatic heterocycles.